The monoisotopic (exact) mass is 456 g/mol. The van der Waals surface area contributed by atoms with Gasteiger partial charge in [-0.15, -0.1) is 11.3 Å². The summed E-state index contributed by atoms with van der Waals surface area (Å²) >= 11 is 1.07. The fourth-order valence-electron chi connectivity index (χ4n) is 3.00. The van der Waals surface area contributed by atoms with E-state index >= 15 is 0 Å². The van der Waals surface area contributed by atoms with Gasteiger partial charge in [0.05, 0.1) is 6.54 Å². The lowest BCUT2D eigenvalue weighted by molar-refractivity contribution is -0.117. The van der Waals surface area contributed by atoms with Crippen LogP contribution in [0.3, 0.4) is 0 Å². The van der Waals surface area contributed by atoms with Crippen molar-refractivity contribution in [2.45, 2.75) is 27.3 Å². The molecule has 0 aliphatic carbocycles. The maximum atomic E-state index is 12.7. The lowest BCUT2D eigenvalue weighted by Crippen LogP contribution is -2.33. The molecule has 0 aliphatic rings. The number of nitrogens with one attached hydrogen (secondary N) is 3. The molecule has 3 N–H and O–H groups in total. The second kappa shape index (κ2) is 11.8. The van der Waals surface area contributed by atoms with Crippen molar-refractivity contribution in [3.8, 4) is 6.07 Å². The molecule has 2 aromatic rings. The van der Waals surface area contributed by atoms with E-state index in [1.165, 1.54) is 11.6 Å². The van der Waals surface area contributed by atoms with Gasteiger partial charge >= 0.3 is 0 Å². The SMILES string of the molecule is CCN(CC)CC(=O)Nc1cccc(N/C=c2/s/c(=C(/C#N)C(=O)NC)n(CC)c2=O)c1. The molecular formula is C22H28N6O3S. The van der Waals surface area contributed by atoms with Gasteiger partial charge in [0.1, 0.15) is 15.3 Å². The summed E-state index contributed by atoms with van der Waals surface area (Å²) in [5.74, 6) is -0.638. The predicted molar refractivity (Wildman–Crippen MR) is 128 cm³/mol. The number of hydrogen-bond acceptors (Lipinski definition) is 7. The van der Waals surface area contributed by atoms with Crippen LogP contribution in [0.25, 0.3) is 11.8 Å². The molecule has 0 saturated heterocycles. The summed E-state index contributed by atoms with van der Waals surface area (Å²) in [7, 11) is 1.43. The quantitative estimate of drug-likeness (QED) is 0.505. The highest BCUT2D eigenvalue weighted by molar-refractivity contribution is 7.07. The third kappa shape index (κ3) is 6.06. The summed E-state index contributed by atoms with van der Waals surface area (Å²) in [6, 6.07) is 9.03. The Balaban J connectivity index is 2.32. The number of carbonyl (C=O) groups is 2. The largest absolute Gasteiger partial charge is 0.360 e. The van der Waals surface area contributed by atoms with Crippen LogP contribution in [0.1, 0.15) is 20.8 Å². The van der Waals surface area contributed by atoms with Gasteiger partial charge < -0.3 is 16.0 Å². The Kier molecular flexibility index (Phi) is 9.19. The molecule has 0 bridgehead atoms. The number of nitriles is 1. The van der Waals surface area contributed by atoms with Crippen LogP contribution in [-0.2, 0) is 16.1 Å². The second-order valence-corrected chi connectivity index (χ2v) is 7.80. The van der Waals surface area contributed by atoms with Crippen LogP contribution in [0.2, 0.25) is 0 Å². The summed E-state index contributed by atoms with van der Waals surface area (Å²) in [5, 5.41) is 17.7. The number of carbonyl (C=O) groups excluding carboxylic acids is 2. The maximum Gasteiger partial charge on any atom is 0.270 e. The predicted octanol–water partition coefficient (Wildman–Crippen LogP) is 0.480. The van der Waals surface area contributed by atoms with Gasteiger partial charge in [-0.25, -0.2) is 0 Å². The third-order valence-corrected chi connectivity index (χ3v) is 5.91. The van der Waals surface area contributed by atoms with E-state index in [0.717, 1.165) is 24.4 Å². The van der Waals surface area contributed by atoms with E-state index in [1.54, 1.807) is 37.4 Å². The highest BCUT2D eigenvalue weighted by Crippen LogP contribution is 2.15. The fourth-order valence-corrected chi connectivity index (χ4v) is 4.09. The van der Waals surface area contributed by atoms with Gasteiger partial charge in [-0.1, -0.05) is 19.9 Å². The molecule has 10 heteroatoms. The van der Waals surface area contributed by atoms with Gasteiger partial charge in [0.15, 0.2) is 5.57 Å². The first-order valence-corrected chi connectivity index (χ1v) is 11.1. The van der Waals surface area contributed by atoms with Crippen LogP contribution in [-0.4, -0.2) is 48.0 Å². The molecule has 0 aliphatic heterocycles. The third-order valence-electron chi connectivity index (χ3n) is 4.78. The number of likely N-dealkylation sites (N-methyl/N-ethyl adjacent to an activating group) is 1. The fraction of sp³-hybridized carbons (Fsp3) is 0.364. The van der Waals surface area contributed by atoms with Gasteiger partial charge in [0.25, 0.3) is 11.5 Å². The average molecular weight is 457 g/mol. The van der Waals surface area contributed by atoms with Crippen LogP contribution in [0.4, 0.5) is 11.4 Å². The van der Waals surface area contributed by atoms with Crippen molar-refractivity contribution in [1.82, 2.24) is 14.8 Å². The standard InChI is InChI=1S/C22H28N6O3S/c1-5-27(6-2)14-19(29)26-16-10-8-9-15(11-16)25-13-18-21(31)28(7-3)22(32-18)17(12-23)20(30)24-4/h8-11,13,25H,5-7,14H2,1-4H3,(H,24,30)(H,26,29)/b18-13+,22-17-. The van der Waals surface area contributed by atoms with Crippen LogP contribution < -0.4 is 30.7 Å². The number of nitrogens with zero attached hydrogens (tertiary/aromatic N) is 3. The molecule has 0 fully saturated rings. The summed E-state index contributed by atoms with van der Waals surface area (Å²) in [5.41, 5.74) is 0.922. The molecule has 170 valence electrons. The Morgan fingerprint density at radius 2 is 1.91 bits per heavy atom. The highest BCUT2D eigenvalue weighted by Gasteiger charge is 2.14. The summed E-state index contributed by atoms with van der Waals surface area (Å²) in [4.78, 5) is 39.0. The number of amides is 2. The number of rotatable bonds is 9. The lowest BCUT2D eigenvalue weighted by Gasteiger charge is -2.17. The molecule has 2 amide bonds. The topological polar surface area (TPSA) is 119 Å². The minimum absolute atomic E-state index is 0.0997. The van der Waals surface area contributed by atoms with Gasteiger partial charge in [-0.3, -0.25) is 23.9 Å². The Bertz CT molecular complexity index is 1190. The number of anilines is 2. The van der Waals surface area contributed by atoms with Crippen LogP contribution >= 0.6 is 11.3 Å². The van der Waals surface area contributed by atoms with Crippen LogP contribution in [0.5, 0.6) is 0 Å². The zero-order chi connectivity index (χ0) is 23.7. The molecule has 0 radical (unpaired) electrons. The first kappa shape index (κ1) is 24.8. The van der Waals surface area contributed by atoms with Crippen molar-refractivity contribution >= 4 is 46.3 Å². The Labute approximate surface area is 190 Å². The van der Waals surface area contributed by atoms with E-state index in [4.69, 9.17) is 0 Å². The molecule has 0 saturated carbocycles. The number of thiazole rings is 1. The molecular weight excluding hydrogens is 428 g/mol. The molecule has 0 atom stereocenters. The molecule has 2 rings (SSSR count). The van der Waals surface area contributed by atoms with Crippen LogP contribution in [0.15, 0.2) is 29.1 Å². The van der Waals surface area contributed by atoms with Crippen molar-refractivity contribution in [2.75, 3.05) is 37.3 Å². The van der Waals surface area contributed by atoms with E-state index in [2.05, 4.69) is 16.0 Å². The molecule has 1 aromatic carbocycles. The summed E-state index contributed by atoms with van der Waals surface area (Å²) < 4.78 is 2.06. The van der Waals surface area contributed by atoms with Crippen molar-refractivity contribution in [2.24, 2.45) is 0 Å². The molecule has 1 heterocycles. The second-order valence-electron chi connectivity index (χ2n) is 6.77. The summed E-state index contributed by atoms with van der Waals surface area (Å²) in [6.45, 7) is 8.02. The van der Waals surface area contributed by atoms with Crippen molar-refractivity contribution in [3.05, 3.63) is 43.8 Å². The molecule has 1 aromatic heterocycles. The van der Waals surface area contributed by atoms with Crippen LogP contribution in [0, 0.1) is 11.3 Å². The first-order valence-electron chi connectivity index (χ1n) is 10.3. The van der Waals surface area contributed by atoms with E-state index in [-0.39, 0.29) is 17.0 Å². The van der Waals surface area contributed by atoms with Crippen molar-refractivity contribution in [1.29, 1.82) is 5.26 Å². The van der Waals surface area contributed by atoms with E-state index < -0.39 is 5.91 Å². The van der Waals surface area contributed by atoms with E-state index in [0.29, 0.717) is 33.7 Å². The van der Waals surface area contributed by atoms with Crippen molar-refractivity contribution < 1.29 is 9.59 Å². The minimum Gasteiger partial charge on any atom is -0.360 e. The smallest absolute Gasteiger partial charge is 0.270 e. The number of hydrogen-bond donors (Lipinski definition) is 3. The Morgan fingerprint density at radius 1 is 1.22 bits per heavy atom. The summed E-state index contributed by atoms with van der Waals surface area (Å²) in [6.07, 6.45) is 1.54. The van der Waals surface area contributed by atoms with E-state index in [9.17, 15) is 19.6 Å². The molecule has 0 spiro atoms. The number of benzene rings is 1. The average Bonchev–Trinajstić information content (AvgIpc) is 3.11. The van der Waals surface area contributed by atoms with Gasteiger partial charge in [-0.05, 0) is 38.2 Å². The molecule has 32 heavy (non-hydrogen) atoms. The maximum absolute atomic E-state index is 12.7. The normalized spacial score (nSPS) is 12.3. The van der Waals surface area contributed by atoms with Gasteiger partial charge in [-0.2, -0.15) is 5.26 Å². The van der Waals surface area contributed by atoms with Gasteiger partial charge in [0.2, 0.25) is 5.91 Å². The Hall–Kier alpha value is -3.42. The number of aromatic nitrogens is 1. The van der Waals surface area contributed by atoms with Gasteiger partial charge in [0, 0.05) is 31.2 Å². The Morgan fingerprint density at radius 3 is 2.50 bits per heavy atom. The molecule has 0 unspecified atom stereocenters. The minimum atomic E-state index is -0.538. The first-order chi connectivity index (χ1) is 15.4. The zero-order valence-corrected chi connectivity index (χ0v) is 19.5. The molecule has 9 nitrogen and oxygen atoms in total. The highest BCUT2D eigenvalue weighted by atomic mass is 32.1. The van der Waals surface area contributed by atoms with Crippen molar-refractivity contribution in [3.63, 3.8) is 0 Å². The lowest BCUT2D eigenvalue weighted by atomic mass is 10.2. The van der Waals surface area contributed by atoms with E-state index in [1.807, 2.05) is 24.8 Å². The zero-order valence-electron chi connectivity index (χ0n) is 18.7.